The Hall–Kier alpha value is -0.390. The van der Waals surface area contributed by atoms with Crippen molar-refractivity contribution in [2.45, 2.75) is 13.1 Å². The zero-order valence-corrected chi connectivity index (χ0v) is 8.34. The molecule has 0 aromatic rings. The van der Waals surface area contributed by atoms with E-state index in [-0.39, 0.29) is 6.54 Å². The molecule has 0 spiro atoms. The Morgan fingerprint density at radius 1 is 1.46 bits per heavy atom. The van der Waals surface area contributed by atoms with Gasteiger partial charge in [-0.2, -0.15) is 24.9 Å². The first kappa shape index (κ1) is 12.6. The summed E-state index contributed by atoms with van der Waals surface area (Å²) in [4.78, 5) is 11.2. The zero-order chi connectivity index (χ0) is 10.5. The third kappa shape index (κ3) is 5.02. The lowest BCUT2D eigenvalue weighted by molar-refractivity contribution is -0.183. The Kier molecular flexibility index (Phi) is 5.20. The number of thioether (sulfide) groups is 1. The molecule has 0 N–H and O–H groups in total. The number of alkyl halides is 3. The first-order valence-corrected chi connectivity index (χ1v) is 4.95. The first-order chi connectivity index (χ1) is 5.89. The van der Waals surface area contributed by atoms with Gasteiger partial charge in [-0.15, -0.1) is 0 Å². The summed E-state index contributed by atoms with van der Waals surface area (Å²) in [6.45, 7) is 2.05. The van der Waals surface area contributed by atoms with E-state index in [4.69, 9.17) is 0 Å². The Labute approximate surface area is 79.5 Å². The van der Waals surface area contributed by atoms with E-state index in [1.807, 2.05) is 6.92 Å². The molecule has 0 saturated heterocycles. The van der Waals surface area contributed by atoms with Crippen LogP contribution in [0.5, 0.6) is 0 Å². The summed E-state index contributed by atoms with van der Waals surface area (Å²) < 4.78 is 35.4. The molecule has 0 heterocycles. The lowest BCUT2D eigenvalue weighted by atomic mass is 10.5. The maximum absolute atomic E-state index is 11.8. The molecule has 0 atom stereocenters. The summed E-state index contributed by atoms with van der Waals surface area (Å²) in [7, 11) is 1.16. The van der Waals surface area contributed by atoms with E-state index in [1.54, 1.807) is 0 Å². The van der Waals surface area contributed by atoms with E-state index < -0.39 is 12.1 Å². The van der Waals surface area contributed by atoms with E-state index in [0.717, 1.165) is 12.8 Å². The second kappa shape index (κ2) is 5.36. The fraction of sp³-hybridized carbons (Fsp3) is 0.857. The van der Waals surface area contributed by atoms with Crippen molar-refractivity contribution in [3.63, 3.8) is 0 Å². The predicted molar refractivity (Wildman–Crippen MR) is 46.7 cm³/mol. The molecule has 0 rings (SSSR count). The Bertz CT molecular complexity index is 172. The van der Waals surface area contributed by atoms with Crippen LogP contribution in [-0.2, 0) is 4.79 Å². The average Bonchev–Trinajstić information content (AvgIpc) is 2.01. The molecule has 0 radical (unpaired) electrons. The highest BCUT2D eigenvalue weighted by molar-refractivity contribution is 7.99. The highest BCUT2D eigenvalue weighted by atomic mass is 32.2. The number of halogens is 3. The van der Waals surface area contributed by atoms with Gasteiger partial charge in [0, 0.05) is 19.3 Å². The fourth-order valence-electron chi connectivity index (χ4n) is 0.664. The summed E-state index contributed by atoms with van der Waals surface area (Å²) >= 11 is 1.50. The van der Waals surface area contributed by atoms with E-state index in [9.17, 15) is 18.0 Å². The largest absolute Gasteiger partial charge is 0.471 e. The number of hydrogen-bond acceptors (Lipinski definition) is 2. The first-order valence-electron chi connectivity index (χ1n) is 3.79. The van der Waals surface area contributed by atoms with Gasteiger partial charge in [0.1, 0.15) is 0 Å². The number of carbonyl (C=O) groups is 1. The molecule has 6 heteroatoms. The molecule has 0 bridgehead atoms. The number of carbonyl (C=O) groups excluding carboxylic acids is 1. The third-order valence-electron chi connectivity index (χ3n) is 1.36. The van der Waals surface area contributed by atoms with Crippen LogP contribution < -0.4 is 0 Å². The number of nitrogens with zero attached hydrogens (tertiary/aromatic N) is 1. The maximum Gasteiger partial charge on any atom is 0.471 e. The fourth-order valence-corrected chi connectivity index (χ4v) is 1.36. The Balaban J connectivity index is 3.84. The standard InChI is InChI=1S/C7H12F3NOS/c1-3-13-5-4-11(2)6(12)7(8,9)10/h3-5H2,1-2H3. The van der Waals surface area contributed by atoms with Crippen molar-refractivity contribution in [3.8, 4) is 0 Å². The van der Waals surface area contributed by atoms with Crippen molar-refractivity contribution in [2.24, 2.45) is 0 Å². The monoisotopic (exact) mass is 215 g/mol. The summed E-state index contributed by atoms with van der Waals surface area (Å²) in [5.41, 5.74) is 0. The molecule has 0 aliphatic carbocycles. The molecule has 0 unspecified atom stereocenters. The van der Waals surface area contributed by atoms with Gasteiger partial charge in [0.25, 0.3) is 0 Å². The van der Waals surface area contributed by atoms with Crippen LogP contribution in [0, 0.1) is 0 Å². The van der Waals surface area contributed by atoms with Gasteiger partial charge in [0.2, 0.25) is 0 Å². The second-order valence-corrected chi connectivity index (χ2v) is 3.82. The van der Waals surface area contributed by atoms with Crippen molar-refractivity contribution in [1.82, 2.24) is 4.90 Å². The lowest BCUT2D eigenvalue weighted by Gasteiger charge is -2.17. The highest BCUT2D eigenvalue weighted by Gasteiger charge is 2.40. The van der Waals surface area contributed by atoms with Crippen LogP contribution in [0.1, 0.15) is 6.92 Å². The van der Waals surface area contributed by atoms with Gasteiger partial charge in [-0.1, -0.05) is 6.92 Å². The van der Waals surface area contributed by atoms with E-state index in [0.29, 0.717) is 10.7 Å². The minimum absolute atomic E-state index is 0.136. The van der Waals surface area contributed by atoms with Gasteiger partial charge in [0.15, 0.2) is 0 Å². The van der Waals surface area contributed by atoms with Crippen molar-refractivity contribution in [1.29, 1.82) is 0 Å². The molecule has 78 valence electrons. The van der Waals surface area contributed by atoms with Gasteiger partial charge in [0.05, 0.1) is 0 Å². The van der Waals surface area contributed by atoms with E-state index in [2.05, 4.69) is 0 Å². The van der Waals surface area contributed by atoms with Gasteiger partial charge in [-0.05, 0) is 5.75 Å². The summed E-state index contributed by atoms with van der Waals surface area (Å²) in [6, 6.07) is 0. The lowest BCUT2D eigenvalue weighted by Crippen LogP contribution is -2.39. The minimum atomic E-state index is -4.74. The van der Waals surface area contributed by atoms with Crippen molar-refractivity contribution >= 4 is 17.7 Å². The van der Waals surface area contributed by atoms with E-state index in [1.165, 1.54) is 11.8 Å². The van der Waals surface area contributed by atoms with Crippen LogP contribution in [0.2, 0.25) is 0 Å². The zero-order valence-electron chi connectivity index (χ0n) is 7.52. The maximum atomic E-state index is 11.8. The summed E-state index contributed by atoms with van der Waals surface area (Å²) in [6.07, 6.45) is -4.74. The van der Waals surface area contributed by atoms with Gasteiger partial charge in [-0.25, -0.2) is 0 Å². The van der Waals surface area contributed by atoms with Gasteiger partial charge in [-0.3, -0.25) is 4.79 Å². The number of hydrogen-bond donors (Lipinski definition) is 0. The molecular weight excluding hydrogens is 203 g/mol. The Morgan fingerprint density at radius 3 is 2.38 bits per heavy atom. The molecule has 2 nitrogen and oxygen atoms in total. The third-order valence-corrected chi connectivity index (χ3v) is 2.24. The quantitative estimate of drug-likeness (QED) is 0.666. The van der Waals surface area contributed by atoms with Crippen LogP contribution in [0.3, 0.4) is 0 Å². The van der Waals surface area contributed by atoms with Crippen molar-refractivity contribution in [3.05, 3.63) is 0 Å². The molecule has 0 fully saturated rings. The molecule has 13 heavy (non-hydrogen) atoms. The molecule has 0 aliphatic rings. The molecule has 0 aliphatic heterocycles. The highest BCUT2D eigenvalue weighted by Crippen LogP contribution is 2.17. The Morgan fingerprint density at radius 2 is 2.00 bits per heavy atom. The molecule has 1 amide bonds. The van der Waals surface area contributed by atoms with Crippen LogP contribution >= 0.6 is 11.8 Å². The minimum Gasteiger partial charge on any atom is -0.337 e. The van der Waals surface area contributed by atoms with Crippen LogP contribution in [0.15, 0.2) is 0 Å². The van der Waals surface area contributed by atoms with Crippen LogP contribution in [0.4, 0.5) is 13.2 Å². The van der Waals surface area contributed by atoms with Crippen LogP contribution in [0.25, 0.3) is 0 Å². The van der Waals surface area contributed by atoms with Gasteiger partial charge >= 0.3 is 12.1 Å². The molecule has 0 saturated carbocycles. The number of rotatable bonds is 4. The average molecular weight is 215 g/mol. The van der Waals surface area contributed by atoms with Crippen LogP contribution in [-0.4, -0.2) is 42.1 Å². The second-order valence-electron chi connectivity index (χ2n) is 2.42. The summed E-state index contributed by atoms with van der Waals surface area (Å²) in [5.74, 6) is -0.396. The predicted octanol–water partition coefficient (Wildman–Crippen LogP) is 1.76. The SMILES string of the molecule is CCSCCN(C)C(=O)C(F)(F)F. The van der Waals surface area contributed by atoms with E-state index >= 15 is 0 Å². The smallest absolute Gasteiger partial charge is 0.337 e. The van der Waals surface area contributed by atoms with Gasteiger partial charge < -0.3 is 4.90 Å². The molecule has 0 aromatic carbocycles. The summed E-state index contributed by atoms with van der Waals surface area (Å²) in [5, 5.41) is 0. The normalized spacial score (nSPS) is 11.5. The van der Waals surface area contributed by atoms with Crippen molar-refractivity contribution < 1.29 is 18.0 Å². The molecular formula is C7H12F3NOS. The van der Waals surface area contributed by atoms with Crippen molar-refractivity contribution in [2.75, 3.05) is 25.1 Å². The number of amides is 1. The topological polar surface area (TPSA) is 20.3 Å². The molecule has 0 aromatic heterocycles.